The second-order valence-corrected chi connectivity index (χ2v) is 7.44. The molecule has 2 aliphatic rings. The SMILES string of the molecule is COc1nc(OC2CCC(C(F)(F)F)CC2)c(F)cc1CNC(=O)C1CCCN1. The van der Waals surface area contributed by atoms with Gasteiger partial charge in [0, 0.05) is 12.1 Å². The quantitative estimate of drug-likeness (QED) is 0.694. The molecule has 162 valence electrons. The fourth-order valence-electron chi connectivity index (χ4n) is 3.76. The minimum atomic E-state index is -4.21. The third kappa shape index (κ3) is 5.49. The van der Waals surface area contributed by atoms with Gasteiger partial charge in [-0.15, -0.1) is 0 Å². The van der Waals surface area contributed by atoms with Gasteiger partial charge in [0.15, 0.2) is 5.82 Å². The monoisotopic (exact) mass is 419 g/mol. The topological polar surface area (TPSA) is 72.5 Å². The van der Waals surface area contributed by atoms with Crippen LogP contribution < -0.4 is 20.1 Å². The van der Waals surface area contributed by atoms with Gasteiger partial charge in [0.25, 0.3) is 5.88 Å². The number of hydrogen-bond donors (Lipinski definition) is 2. The molecule has 10 heteroatoms. The number of hydrogen-bond acceptors (Lipinski definition) is 5. The van der Waals surface area contributed by atoms with E-state index in [0.29, 0.717) is 5.56 Å². The van der Waals surface area contributed by atoms with Gasteiger partial charge in [0.2, 0.25) is 11.8 Å². The Bertz CT molecular complexity index is 715. The van der Waals surface area contributed by atoms with Crippen LogP contribution in [0.3, 0.4) is 0 Å². The molecule has 29 heavy (non-hydrogen) atoms. The van der Waals surface area contributed by atoms with Crippen molar-refractivity contribution in [1.29, 1.82) is 0 Å². The Hall–Kier alpha value is -2.10. The Morgan fingerprint density at radius 2 is 1.97 bits per heavy atom. The number of carbonyl (C=O) groups is 1. The van der Waals surface area contributed by atoms with Crippen molar-refractivity contribution in [2.24, 2.45) is 5.92 Å². The summed E-state index contributed by atoms with van der Waals surface area (Å²) in [6.45, 7) is 0.829. The van der Waals surface area contributed by atoms with Gasteiger partial charge in [-0.25, -0.2) is 4.39 Å². The lowest BCUT2D eigenvalue weighted by molar-refractivity contribution is -0.185. The number of methoxy groups -OCH3 is 1. The first-order valence-corrected chi connectivity index (χ1v) is 9.75. The van der Waals surface area contributed by atoms with Crippen LogP contribution in [0, 0.1) is 11.7 Å². The van der Waals surface area contributed by atoms with E-state index in [1.165, 1.54) is 13.2 Å². The van der Waals surface area contributed by atoms with Crippen LogP contribution in [0.4, 0.5) is 17.6 Å². The molecule has 2 heterocycles. The molecule has 0 radical (unpaired) electrons. The Labute approximate surface area is 166 Å². The summed E-state index contributed by atoms with van der Waals surface area (Å²) in [5, 5.41) is 5.80. The third-order valence-corrected chi connectivity index (χ3v) is 5.42. The second kappa shape index (κ2) is 9.15. The fraction of sp³-hybridized carbons (Fsp3) is 0.684. The molecule has 1 amide bonds. The highest BCUT2D eigenvalue weighted by Gasteiger charge is 2.42. The summed E-state index contributed by atoms with van der Waals surface area (Å²) >= 11 is 0. The Kier molecular flexibility index (Phi) is 6.81. The summed E-state index contributed by atoms with van der Waals surface area (Å²) in [5.74, 6) is -2.45. The van der Waals surface area contributed by atoms with Crippen molar-refractivity contribution in [2.45, 2.75) is 63.4 Å². The Morgan fingerprint density at radius 3 is 2.55 bits per heavy atom. The fourth-order valence-corrected chi connectivity index (χ4v) is 3.76. The molecular formula is C19H25F4N3O3. The van der Waals surface area contributed by atoms with Crippen molar-refractivity contribution < 1.29 is 31.8 Å². The van der Waals surface area contributed by atoms with Crippen LogP contribution in [-0.2, 0) is 11.3 Å². The summed E-state index contributed by atoms with van der Waals surface area (Å²) in [6, 6.07) is 0.915. The zero-order valence-electron chi connectivity index (χ0n) is 16.2. The van der Waals surface area contributed by atoms with E-state index < -0.39 is 24.0 Å². The number of halogens is 4. The number of pyridine rings is 1. The number of carbonyl (C=O) groups excluding carboxylic acids is 1. The van der Waals surface area contributed by atoms with Gasteiger partial charge in [-0.1, -0.05) is 0 Å². The number of rotatable bonds is 6. The van der Waals surface area contributed by atoms with Gasteiger partial charge in [-0.05, 0) is 51.1 Å². The lowest BCUT2D eigenvalue weighted by Gasteiger charge is -2.30. The number of ether oxygens (including phenoxy) is 2. The molecule has 1 aromatic rings. The Morgan fingerprint density at radius 1 is 1.24 bits per heavy atom. The van der Waals surface area contributed by atoms with Crippen LogP contribution in [0.25, 0.3) is 0 Å². The van der Waals surface area contributed by atoms with Crippen LogP contribution in [-0.4, -0.2) is 42.9 Å². The van der Waals surface area contributed by atoms with Crippen LogP contribution in [0.15, 0.2) is 6.07 Å². The summed E-state index contributed by atoms with van der Waals surface area (Å²) in [4.78, 5) is 16.1. The largest absolute Gasteiger partial charge is 0.481 e. The molecular weight excluding hydrogens is 394 g/mol. The Balaban J connectivity index is 1.60. The molecule has 1 aromatic heterocycles. The number of nitrogens with zero attached hydrogens (tertiary/aromatic N) is 1. The van der Waals surface area contributed by atoms with E-state index in [0.717, 1.165) is 19.4 Å². The highest BCUT2D eigenvalue weighted by molar-refractivity contribution is 5.82. The summed E-state index contributed by atoms with van der Waals surface area (Å²) in [5.41, 5.74) is 0.351. The van der Waals surface area contributed by atoms with Gasteiger partial charge in [0.1, 0.15) is 6.10 Å². The molecule has 3 rings (SSSR count). The minimum absolute atomic E-state index is 0.0427. The predicted octanol–water partition coefficient (Wildman–Crippen LogP) is 3.10. The maximum Gasteiger partial charge on any atom is 0.391 e. The lowest BCUT2D eigenvalue weighted by Crippen LogP contribution is -2.40. The van der Waals surface area contributed by atoms with Crippen molar-refractivity contribution in [3.8, 4) is 11.8 Å². The number of aromatic nitrogens is 1. The molecule has 1 aliphatic carbocycles. The zero-order valence-corrected chi connectivity index (χ0v) is 16.2. The molecule has 2 N–H and O–H groups in total. The first kappa shape index (κ1) is 21.6. The first-order valence-electron chi connectivity index (χ1n) is 9.75. The van der Waals surface area contributed by atoms with E-state index in [1.54, 1.807) is 0 Å². The van der Waals surface area contributed by atoms with Gasteiger partial charge >= 0.3 is 6.18 Å². The van der Waals surface area contributed by atoms with Crippen molar-refractivity contribution in [1.82, 2.24) is 15.6 Å². The highest BCUT2D eigenvalue weighted by Crippen LogP contribution is 2.38. The predicted molar refractivity (Wildman–Crippen MR) is 96.0 cm³/mol. The van der Waals surface area contributed by atoms with Gasteiger partial charge in [-0.3, -0.25) is 4.79 Å². The van der Waals surface area contributed by atoms with Gasteiger partial charge < -0.3 is 20.1 Å². The summed E-state index contributed by atoms with van der Waals surface area (Å²) in [7, 11) is 1.36. The average Bonchev–Trinajstić information content (AvgIpc) is 3.22. The molecule has 1 aliphatic heterocycles. The first-order chi connectivity index (χ1) is 13.8. The van der Waals surface area contributed by atoms with E-state index in [-0.39, 0.29) is 55.9 Å². The van der Waals surface area contributed by atoms with Crippen molar-refractivity contribution in [3.05, 3.63) is 17.4 Å². The minimum Gasteiger partial charge on any atom is -0.481 e. The average molecular weight is 419 g/mol. The van der Waals surface area contributed by atoms with Crippen LogP contribution >= 0.6 is 0 Å². The summed E-state index contributed by atoms with van der Waals surface area (Å²) in [6.07, 6.45) is -2.80. The highest BCUT2D eigenvalue weighted by atomic mass is 19.4. The molecule has 0 aromatic carbocycles. The van der Waals surface area contributed by atoms with Crippen LogP contribution in [0.5, 0.6) is 11.8 Å². The van der Waals surface area contributed by atoms with E-state index in [1.807, 2.05) is 0 Å². The molecule has 6 nitrogen and oxygen atoms in total. The van der Waals surface area contributed by atoms with Crippen molar-refractivity contribution in [3.63, 3.8) is 0 Å². The van der Waals surface area contributed by atoms with Crippen LogP contribution in [0.1, 0.15) is 44.1 Å². The van der Waals surface area contributed by atoms with E-state index in [2.05, 4.69) is 15.6 Å². The molecule has 0 spiro atoms. The third-order valence-electron chi connectivity index (χ3n) is 5.42. The lowest BCUT2D eigenvalue weighted by atomic mass is 9.87. The molecule has 1 saturated carbocycles. The normalized spacial score (nSPS) is 24.9. The zero-order chi connectivity index (χ0) is 21.0. The van der Waals surface area contributed by atoms with E-state index in [4.69, 9.17) is 9.47 Å². The molecule has 1 atom stereocenters. The number of nitrogens with one attached hydrogen (secondary N) is 2. The molecule has 2 fully saturated rings. The maximum atomic E-state index is 14.5. The molecule has 1 unspecified atom stereocenters. The molecule has 1 saturated heterocycles. The van der Waals surface area contributed by atoms with E-state index >= 15 is 0 Å². The van der Waals surface area contributed by atoms with Crippen LogP contribution in [0.2, 0.25) is 0 Å². The maximum absolute atomic E-state index is 14.5. The molecule has 0 bridgehead atoms. The van der Waals surface area contributed by atoms with E-state index in [9.17, 15) is 22.4 Å². The smallest absolute Gasteiger partial charge is 0.391 e. The van der Waals surface area contributed by atoms with Crippen molar-refractivity contribution >= 4 is 5.91 Å². The standard InChI is InChI=1S/C19H25F4N3O3/c1-28-17-11(10-25-16(27)15-3-2-8-24-15)9-14(20)18(26-17)29-13-6-4-12(5-7-13)19(21,22)23/h9,12-13,15,24H,2-8,10H2,1H3,(H,25,27). The van der Waals surface area contributed by atoms with Crippen molar-refractivity contribution in [2.75, 3.05) is 13.7 Å². The van der Waals surface area contributed by atoms with Gasteiger partial charge in [-0.2, -0.15) is 18.2 Å². The van der Waals surface area contributed by atoms with Gasteiger partial charge in [0.05, 0.1) is 19.1 Å². The second-order valence-electron chi connectivity index (χ2n) is 7.44. The summed E-state index contributed by atoms with van der Waals surface area (Å²) < 4.78 is 63.5. The number of amides is 1. The number of alkyl halides is 3.